The van der Waals surface area contributed by atoms with Crippen molar-refractivity contribution in [2.24, 2.45) is 0 Å². The van der Waals surface area contributed by atoms with Crippen molar-refractivity contribution in [2.45, 2.75) is 13.3 Å². The minimum Gasteiger partial charge on any atom is -0.484 e. The van der Waals surface area contributed by atoms with Crippen molar-refractivity contribution >= 4 is 22.4 Å². The Bertz CT molecular complexity index is 910. The number of carbonyl (C=O) groups excluding carboxylic acids is 1. The number of hydrogen-bond acceptors (Lipinski definition) is 4. The summed E-state index contributed by atoms with van der Waals surface area (Å²) >= 11 is 1.15. The number of hydrogen-bond donors (Lipinski definition) is 1. The average Bonchev–Trinajstić information content (AvgIpc) is 3.08. The van der Waals surface area contributed by atoms with E-state index in [1.807, 2.05) is 24.3 Å². The van der Waals surface area contributed by atoms with Gasteiger partial charge in [-0.1, -0.05) is 19.1 Å². The predicted molar refractivity (Wildman–Crippen MR) is 97.4 cm³/mol. The number of carbonyl (C=O) groups is 1. The fourth-order valence-electron chi connectivity index (χ4n) is 2.28. The Morgan fingerprint density at radius 3 is 2.65 bits per heavy atom. The third-order valence-electron chi connectivity index (χ3n) is 3.66. The summed E-state index contributed by atoms with van der Waals surface area (Å²) in [4.78, 5) is 16.1. The van der Waals surface area contributed by atoms with Gasteiger partial charge in [-0.15, -0.1) is 11.3 Å². The molecule has 0 aliphatic heterocycles. The Labute approximate surface area is 153 Å². The molecule has 1 amide bonds. The van der Waals surface area contributed by atoms with Crippen LogP contribution in [0, 0.1) is 11.6 Å². The Morgan fingerprint density at radius 2 is 1.96 bits per heavy atom. The molecule has 0 saturated carbocycles. The van der Waals surface area contributed by atoms with Gasteiger partial charge in [-0.3, -0.25) is 10.1 Å². The summed E-state index contributed by atoms with van der Waals surface area (Å²) in [6.07, 6.45) is 0.932. The van der Waals surface area contributed by atoms with E-state index in [4.69, 9.17) is 4.74 Å². The quantitative estimate of drug-likeness (QED) is 0.682. The van der Waals surface area contributed by atoms with Crippen molar-refractivity contribution in [1.82, 2.24) is 4.98 Å². The number of aromatic nitrogens is 1. The van der Waals surface area contributed by atoms with E-state index in [2.05, 4.69) is 17.2 Å². The molecule has 0 fully saturated rings. The molecule has 3 aromatic rings. The SMILES string of the molecule is CCc1ccc(OCC(=O)Nc2nc(-c3ccc(F)cc3F)cs2)cc1. The van der Waals surface area contributed by atoms with Crippen LogP contribution in [0.5, 0.6) is 5.75 Å². The lowest BCUT2D eigenvalue weighted by molar-refractivity contribution is -0.118. The number of benzene rings is 2. The van der Waals surface area contributed by atoms with E-state index >= 15 is 0 Å². The van der Waals surface area contributed by atoms with Crippen LogP contribution in [0.1, 0.15) is 12.5 Å². The molecule has 0 saturated heterocycles. The summed E-state index contributed by atoms with van der Waals surface area (Å²) in [5, 5.41) is 4.51. The predicted octanol–water partition coefficient (Wildman–Crippen LogP) is 4.67. The first-order chi connectivity index (χ1) is 12.5. The highest BCUT2D eigenvalue weighted by molar-refractivity contribution is 7.14. The van der Waals surface area contributed by atoms with Crippen molar-refractivity contribution in [1.29, 1.82) is 0 Å². The van der Waals surface area contributed by atoms with E-state index in [-0.39, 0.29) is 18.1 Å². The number of aryl methyl sites for hydroxylation is 1. The molecular formula is C19H16F2N2O2S. The number of thiazole rings is 1. The Morgan fingerprint density at radius 1 is 1.19 bits per heavy atom. The van der Waals surface area contributed by atoms with Crippen LogP contribution >= 0.6 is 11.3 Å². The molecule has 3 rings (SSSR count). The van der Waals surface area contributed by atoms with E-state index in [1.54, 1.807) is 5.38 Å². The van der Waals surface area contributed by atoms with Crippen molar-refractivity contribution in [3.05, 3.63) is 65.0 Å². The van der Waals surface area contributed by atoms with E-state index in [9.17, 15) is 13.6 Å². The van der Waals surface area contributed by atoms with E-state index in [1.165, 1.54) is 11.6 Å². The lowest BCUT2D eigenvalue weighted by atomic mass is 10.1. The molecule has 134 valence electrons. The first kappa shape index (κ1) is 18.0. The number of ether oxygens (including phenoxy) is 1. The summed E-state index contributed by atoms with van der Waals surface area (Å²) < 4.78 is 32.2. The second kappa shape index (κ2) is 8.05. The second-order valence-electron chi connectivity index (χ2n) is 5.50. The molecule has 26 heavy (non-hydrogen) atoms. The van der Waals surface area contributed by atoms with Crippen LogP contribution in [0.4, 0.5) is 13.9 Å². The van der Waals surface area contributed by atoms with Crippen LogP contribution in [0.2, 0.25) is 0 Å². The van der Waals surface area contributed by atoms with Gasteiger partial charge in [0.1, 0.15) is 17.4 Å². The minimum absolute atomic E-state index is 0.161. The normalized spacial score (nSPS) is 10.6. The highest BCUT2D eigenvalue weighted by Gasteiger charge is 2.12. The summed E-state index contributed by atoms with van der Waals surface area (Å²) in [6, 6.07) is 10.8. The number of rotatable bonds is 6. The number of nitrogens with one attached hydrogen (secondary N) is 1. The van der Waals surface area contributed by atoms with Crippen molar-refractivity contribution in [3.8, 4) is 17.0 Å². The zero-order chi connectivity index (χ0) is 18.5. The smallest absolute Gasteiger partial charge is 0.264 e. The molecule has 7 heteroatoms. The summed E-state index contributed by atoms with van der Waals surface area (Å²) in [5.74, 6) is -1.12. The number of halogens is 2. The molecule has 0 bridgehead atoms. The first-order valence-corrected chi connectivity index (χ1v) is 8.85. The van der Waals surface area contributed by atoms with Crippen LogP contribution in [0.25, 0.3) is 11.3 Å². The standard InChI is InChI=1S/C19H16F2N2O2S/c1-2-12-3-6-14(7-4-12)25-10-18(24)23-19-22-17(11-26-19)15-8-5-13(20)9-16(15)21/h3-9,11H,2,10H2,1H3,(H,22,23,24). The van der Waals surface area contributed by atoms with Gasteiger partial charge in [0.15, 0.2) is 11.7 Å². The van der Waals surface area contributed by atoms with Gasteiger partial charge in [-0.2, -0.15) is 0 Å². The maximum absolute atomic E-state index is 13.8. The van der Waals surface area contributed by atoms with Gasteiger partial charge in [0.05, 0.1) is 5.69 Å². The van der Waals surface area contributed by atoms with Crippen LogP contribution in [0.3, 0.4) is 0 Å². The van der Waals surface area contributed by atoms with Crippen LogP contribution in [0.15, 0.2) is 47.8 Å². The molecule has 1 aromatic heterocycles. The van der Waals surface area contributed by atoms with Gasteiger partial charge in [0, 0.05) is 17.0 Å². The highest BCUT2D eigenvalue weighted by Crippen LogP contribution is 2.27. The van der Waals surface area contributed by atoms with Crippen LogP contribution in [-0.4, -0.2) is 17.5 Å². The summed E-state index contributed by atoms with van der Waals surface area (Å²) in [5.41, 5.74) is 1.69. The topological polar surface area (TPSA) is 51.2 Å². The van der Waals surface area contributed by atoms with Gasteiger partial charge in [0.25, 0.3) is 5.91 Å². The second-order valence-corrected chi connectivity index (χ2v) is 6.35. The summed E-state index contributed by atoms with van der Waals surface area (Å²) in [7, 11) is 0. The van der Waals surface area contributed by atoms with Crippen LogP contribution < -0.4 is 10.1 Å². The maximum Gasteiger partial charge on any atom is 0.264 e. The molecule has 2 aromatic carbocycles. The molecule has 0 radical (unpaired) electrons. The van der Waals surface area contributed by atoms with Crippen molar-refractivity contribution in [2.75, 3.05) is 11.9 Å². The minimum atomic E-state index is -0.702. The van der Waals surface area contributed by atoms with Gasteiger partial charge < -0.3 is 4.74 Å². The average molecular weight is 374 g/mol. The molecule has 0 spiro atoms. The number of amides is 1. The van der Waals surface area contributed by atoms with Crippen molar-refractivity contribution in [3.63, 3.8) is 0 Å². The molecule has 1 N–H and O–H groups in total. The van der Waals surface area contributed by atoms with Crippen LogP contribution in [-0.2, 0) is 11.2 Å². The fourth-order valence-corrected chi connectivity index (χ4v) is 3.00. The molecule has 0 atom stereocenters. The summed E-state index contributed by atoms with van der Waals surface area (Å²) in [6.45, 7) is 1.90. The van der Waals surface area contributed by atoms with Gasteiger partial charge in [-0.05, 0) is 36.2 Å². The van der Waals surface area contributed by atoms with Crippen molar-refractivity contribution < 1.29 is 18.3 Å². The number of nitrogens with zero attached hydrogens (tertiary/aromatic N) is 1. The lowest BCUT2D eigenvalue weighted by Gasteiger charge is -2.06. The molecule has 1 heterocycles. The monoisotopic (exact) mass is 374 g/mol. The Kier molecular flexibility index (Phi) is 5.58. The largest absolute Gasteiger partial charge is 0.484 e. The third-order valence-corrected chi connectivity index (χ3v) is 4.42. The van der Waals surface area contributed by atoms with E-state index < -0.39 is 11.6 Å². The maximum atomic E-state index is 13.8. The Hall–Kier alpha value is -2.80. The first-order valence-electron chi connectivity index (χ1n) is 7.97. The lowest BCUT2D eigenvalue weighted by Crippen LogP contribution is -2.20. The highest BCUT2D eigenvalue weighted by atomic mass is 32.1. The zero-order valence-electron chi connectivity index (χ0n) is 14.0. The van der Waals surface area contributed by atoms with Gasteiger partial charge in [-0.25, -0.2) is 13.8 Å². The van der Waals surface area contributed by atoms with E-state index in [0.717, 1.165) is 29.9 Å². The third kappa shape index (κ3) is 4.43. The Balaban J connectivity index is 1.58. The molecule has 4 nitrogen and oxygen atoms in total. The fraction of sp³-hybridized carbons (Fsp3) is 0.158. The van der Waals surface area contributed by atoms with E-state index in [0.29, 0.717) is 16.6 Å². The number of anilines is 1. The zero-order valence-corrected chi connectivity index (χ0v) is 14.8. The molecule has 0 aliphatic carbocycles. The van der Waals surface area contributed by atoms with Gasteiger partial charge >= 0.3 is 0 Å². The molecule has 0 aliphatic rings. The van der Waals surface area contributed by atoms with Gasteiger partial charge in [0.2, 0.25) is 0 Å². The molecule has 0 unspecified atom stereocenters. The molecular weight excluding hydrogens is 358 g/mol.